The van der Waals surface area contributed by atoms with Gasteiger partial charge in [0, 0.05) is 11.6 Å². The average molecular weight is 325 g/mol. The largest absolute Gasteiger partial charge is 0.393 e. The number of aryl methyl sites for hydroxylation is 1. The third-order valence-electron chi connectivity index (χ3n) is 2.98. The van der Waals surface area contributed by atoms with E-state index in [4.69, 9.17) is 5.73 Å². The summed E-state index contributed by atoms with van der Waals surface area (Å²) < 4.78 is 2.71. The molecule has 2 rings (SSSR count). The lowest BCUT2D eigenvalue weighted by atomic mass is 10.1. The Morgan fingerprint density at radius 3 is 2.68 bits per heavy atom. The number of hydrogen-bond donors (Lipinski definition) is 1. The first kappa shape index (κ1) is 13.5. The molecule has 0 bridgehead atoms. The molecular weight excluding hydrogens is 312 g/mol. The lowest BCUT2D eigenvalue weighted by molar-refractivity contribution is -0.383. The summed E-state index contributed by atoms with van der Waals surface area (Å²) in [6, 6.07) is 4.80. The molecule has 0 radical (unpaired) electrons. The van der Waals surface area contributed by atoms with E-state index in [9.17, 15) is 10.1 Å². The van der Waals surface area contributed by atoms with Gasteiger partial charge in [0.2, 0.25) is 0 Å². The van der Waals surface area contributed by atoms with Crippen LogP contribution in [0.4, 0.5) is 11.4 Å². The minimum atomic E-state index is -0.476. The fourth-order valence-corrected chi connectivity index (χ4v) is 2.17. The molecule has 0 amide bonds. The Kier molecular flexibility index (Phi) is 3.57. The van der Waals surface area contributed by atoms with Crippen molar-refractivity contribution in [3.05, 3.63) is 49.7 Å². The summed E-state index contributed by atoms with van der Waals surface area (Å²) in [5.74, 6) is 0. The Labute approximate surface area is 118 Å². The maximum atomic E-state index is 10.8. The second-order valence-corrected chi connectivity index (χ2v) is 5.04. The van der Waals surface area contributed by atoms with Crippen LogP contribution in [0.1, 0.15) is 17.0 Å². The second-order valence-electron chi connectivity index (χ2n) is 4.25. The number of nitro benzene ring substituents is 1. The number of nitrogens with two attached hydrogens (primary N) is 1. The zero-order chi connectivity index (χ0) is 14.2. The highest BCUT2D eigenvalue weighted by Gasteiger charge is 2.16. The molecule has 7 heteroatoms. The van der Waals surface area contributed by atoms with Gasteiger partial charge in [-0.15, -0.1) is 0 Å². The van der Waals surface area contributed by atoms with Crippen molar-refractivity contribution in [1.29, 1.82) is 0 Å². The van der Waals surface area contributed by atoms with E-state index in [2.05, 4.69) is 21.0 Å². The predicted octanol–water partition coefficient (Wildman–Crippen LogP) is 2.80. The number of aromatic nitrogens is 2. The molecule has 2 aromatic rings. The fraction of sp³-hybridized carbons (Fsp3) is 0.250. The van der Waals surface area contributed by atoms with Crippen molar-refractivity contribution < 1.29 is 4.92 Å². The smallest absolute Gasteiger partial charge is 0.292 e. The van der Waals surface area contributed by atoms with Gasteiger partial charge < -0.3 is 5.73 Å². The van der Waals surface area contributed by atoms with Crippen LogP contribution in [0.15, 0.2) is 22.7 Å². The first-order chi connectivity index (χ1) is 8.91. The molecule has 0 unspecified atom stereocenters. The van der Waals surface area contributed by atoms with Crippen LogP contribution in [0.5, 0.6) is 0 Å². The molecule has 1 aromatic heterocycles. The molecule has 0 fully saturated rings. The maximum absolute atomic E-state index is 10.8. The molecule has 0 aliphatic rings. The van der Waals surface area contributed by atoms with Crippen LogP contribution in [0, 0.1) is 24.0 Å². The molecule has 0 atom stereocenters. The monoisotopic (exact) mass is 324 g/mol. The minimum Gasteiger partial charge on any atom is -0.393 e. The highest BCUT2D eigenvalue weighted by atomic mass is 79.9. The molecular formula is C12H13BrN4O2. The van der Waals surface area contributed by atoms with Gasteiger partial charge in [-0.3, -0.25) is 14.8 Å². The van der Waals surface area contributed by atoms with Gasteiger partial charge in [-0.05, 0) is 29.8 Å². The first-order valence-electron chi connectivity index (χ1n) is 5.63. The van der Waals surface area contributed by atoms with E-state index in [0.717, 1.165) is 15.9 Å². The van der Waals surface area contributed by atoms with Crippen LogP contribution in [0.3, 0.4) is 0 Å². The number of hydrogen-bond acceptors (Lipinski definition) is 4. The Hall–Kier alpha value is -1.89. The minimum absolute atomic E-state index is 0.0712. The van der Waals surface area contributed by atoms with Crippen LogP contribution < -0.4 is 5.73 Å². The molecule has 0 aliphatic carbocycles. The van der Waals surface area contributed by atoms with Gasteiger partial charge in [0.05, 0.1) is 27.3 Å². The summed E-state index contributed by atoms with van der Waals surface area (Å²) in [4.78, 5) is 10.4. The van der Waals surface area contributed by atoms with Crippen LogP contribution in [-0.4, -0.2) is 14.7 Å². The summed E-state index contributed by atoms with van der Waals surface area (Å²) >= 11 is 3.45. The zero-order valence-electron chi connectivity index (χ0n) is 10.6. The van der Waals surface area contributed by atoms with Crippen LogP contribution >= 0.6 is 15.9 Å². The summed E-state index contributed by atoms with van der Waals surface area (Å²) in [6.45, 7) is 4.23. The summed E-state index contributed by atoms with van der Waals surface area (Å²) in [5, 5.41) is 15.2. The standard InChI is InChI=1S/C12H13BrN4O2/c1-7-11(13)8(2)16(15-7)6-9-4-3-5-10(12(9)14)17(18)19/h3-5H,6,14H2,1-2H3. The van der Waals surface area contributed by atoms with Crippen molar-refractivity contribution in [3.8, 4) is 0 Å². The van der Waals surface area contributed by atoms with Gasteiger partial charge in [0.25, 0.3) is 5.69 Å². The van der Waals surface area contributed by atoms with E-state index >= 15 is 0 Å². The van der Waals surface area contributed by atoms with E-state index < -0.39 is 4.92 Å². The summed E-state index contributed by atoms with van der Waals surface area (Å²) in [7, 11) is 0. The second kappa shape index (κ2) is 5.00. The molecule has 0 aliphatic heterocycles. The maximum Gasteiger partial charge on any atom is 0.292 e. The van der Waals surface area contributed by atoms with Gasteiger partial charge in [-0.1, -0.05) is 12.1 Å². The molecule has 1 aromatic carbocycles. The molecule has 1 heterocycles. The SMILES string of the molecule is Cc1nn(Cc2cccc([N+](=O)[O-])c2N)c(C)c1Br. The molecule has 0 spiro atoms. The lowest BCUT2D eigenvalue weighted by Crippen LogP contribution is -2.08. The van der Waals surface area contributed by atoms with Gasteiger partial charge >= 0.3 is 0 Å². The summed E-state index contributed by atoms with van der Waals surface area (Å²) in [6.07, 6.45) is 0. The number of benzene rings is 1. The number of anilines is 1. The predicted molar refractivity (Wildman–Crippen MR) is 76.0 cm³/mol. The van der Waals surface area contributed by atoms with Crippen molar-refractivity contribution >= 4 is 27.3 Å². The third kappa shape index (κ3) is 2.46. The molecule has 6 nitrogen and oxygen atoms in total. The molecule has 0 saturated heterocycles. The Morgan fingerprint density at radius 2 is 2.16 bits per heavy atom. The van der Waals surface area contributed by atoms with Crippen molar-refractivity contribution in [3.63, 3.8) is 0 Å². The number of nitrogens with zero attached hydrogens (tertiary/aromatic N) is 3. The normalized spacial score (nSPS) is 10.7. The number of halogens is 1. The average Bonchev–Trinajstić information content (AvgIpc) is 2.59. The van der Waals surface area contributed by atoms with Crippen LogP contribution in [0.25, 0.3) is 0 Å². The number of rotatable bonds is 3. The van der Waals surface area contributed by atoms with Crippen molar-refractivity contribution in [2.24, 2.45) is 0 Å². The highest BCUT2D eigenvalue weighted by Crippen LogP contribution is 2.27. The molecule has 2 N–H and O–H groups in total. The van der Waals surface area contributed by atoms with Crippen molar-refractivity contribution in [2.75, 3.05) is 5.73 Å². The van der Waals surface area contributed by atoms with Gasteiger partial charge in [0.15, 0.2) is 0 Å². The topological polar surface area (TPSA) is 87.0 Å². The number of para-hydroxylation sites is 1. The number of nitro groups is 1. The summed E-state index contributed by atoms with van der Waals surface area (Å²) in [5.41, 5.74) is 8.48. The number of nitrogen functional groups attached to an aromatic ring is 1. The van der Waals surface area contributed by atoms with Crippen molar-refractivity contribution in [2.45, 2.75) is 20.4 Å². The molecule has 100 valence electrons. The van der Waals surface area contributed by atoms with E-state index in [1.807, 2.05) is 13.8 Å². The zero-order valence-corrected chi connectivity index (χ0v) is 12.1. The molecule has 0 saturated carbocycles. The lowest BCUT2D eigenvalue weighted by Gasteiger charge is -2.08. The third-order valence-corrected chi connectivity index (χ3v) is 4.13. The Bertz CT molecular complexity index is 651. The first-order valence-corrected chi connectivity index (χ1v) is 6.42. The van der Waals surface area contributed by atoms with E-state index in [1.54, 1.807) is 16.8 Å². The molecule has 19 heavy (non-hydrogen) atoms. The Morgan fingerprint density at radius 1 is 1.47 bits per heavy atom. The van der Waals surface area contributed by atoms with Gasteiger partial charge in [0.1, 0.15) is 5.69 Å². The Balaban J connectivity index is 2.41. The van der Waals surface area contributed by atoms with Crippen molar-refractivity contribution in [1.82, 2.24) is 9.78 Å². The van der Waals surface area contributed by atoms with E-state index in [0.29, 0.717) is 12.1 Å². The fourth-order valence-electron chi connectivity index (χ4n) is 1.89. The van der Waals surface area contributed by atoms with E-state index in [1.165, 1.54) is 6.07 Å². The highest BCUT2D eigenvalue weighted by molar-refractivity contribution is 9.10. The van der Waals surface area contributed by atoms with Crippen LogP contribution in [0.2, 0.25) is 0 Å². The van der Waals surface area contributed by atoms with Crippen LogP contribution in [-0.2, 0) is 6.54 Å². The van der Waals surface area contributed by atoms with Gasteiger partial charge in [-0.2, -0.15) is 5.10 Å². The van der Waals surface area contributed by atoms with E-state index in [-0.39, 0.29) is 11.4 Å². The van der Waals surface area contributed by atoms with Gasteiger partial charge in [-0.25, -0.2) is 0 Å². The quantitative estimate of drug-likeness (QED) is 0.534.